The fraction of sp³-hybridized carbons (Fsp3) is 1.00. The molecule has 0 spiro atoms. The number of ether oxygens (including phenoxy) is 1. The lowest BCUT2D eigenvalue weighted by atomic mass is 10.0. The maximum absolute atomic E-state index is 5.47. The monoisotopic (exact) mass is 243 g/mol. The van der Waals surface area contributed by atoms with Crippen molar-refractivity contribution in [1.82, 2.24) is 5.32 Å². The summed E-state index contributed by atoms with van der Waals surface area (Å²) in [4.78, 5) is 0. The number of rotatable bonds is 7. The molecule has 0 aromatic rings. The highest BCUT2D eigenvalue weighted by atomic mass is 32.2. The highest BCUT2D eigenvalue weighted by molar-refractivity contribution is 7.99. The number of hydrogen-bond donors (Lipinski definition) is 1. The Hall–Kier alpha value is 0.270. The summed E-state index contributed by atoms with van der Waals surface area (Å²) in [5.41, 5.74) is 0.611. The van der Waals surface area contributed by atoms with Crippen molar-refractivity contribution in [3.63, 3.8) is 0 Å². The van der Waals surface area contributed by atoms with Crippen LogP contribution in [0.5, 0.6) is 0 Å². The van der Waals surface area contributed by atoms with E-state index in [9.17, 15) is 0 Å². The van der Waals surface area contributed by atoms with Crippen LogP contribution in [0.3, 0.4) is 0 Å². The van der Waals surface area contributed by atoms with Crippen molar-refractivity contribution >= 4 is 11.8 Å². The first kappa shape index (κ1) is 12.7. The highest BCUT2D eigenvalue weighted by Gasteiger charge is 2.41. The summed E-state index contributed by atoms with van der Waals surface area (Å²) in [7, 11) is 0. The van der Waals surface area contributed by atoms with Gasteiger partial charge in [-0.1, -0.05) is 0 Å². The van der Waals surface area contributed by atoms with Gasteiger partial charge in [-0.2, -0.15) is 11.8 Å². The lowest BCUT2D eigenvalue weighted by Gasteiger charge is -2.25. The minimum absolute atomic E-state index is 0.611. The number of thioether (sulfide) groups is 1. The predicted octanol–water partition coefficient (Wildman–Crippen LogP) is 2.68. The van der Waals surface area contributed by atoms with Gasteiger partial charge in [-0.05, 0) is 55.9 Å². The van der Waals surface area contributed by atoms with Gasteiger partial charge in [0, 0.05) is 25.8 Å². The summed E-state index contributed by atoms with van der Waals surface area (Å²) >= 11 is 2.10. The molecule has 0 radical (unpaired) electrons. The number of nitrogens with one attached hydrogen (secondary N) is 1. The fourth-order valence-corrected chi connectivity index (χ4v) is 3.49. The van der Waals surface area contributed by atoms with Gasteiger partial charge in [-0.25, -0.2) is 0 Å². The van der Waals surface area contributed by atoms with Crippen LogP contribution >= 0.6 is 11.8 Å². The summed E-state index contributed by atoms with van der Waals surface area (Å²) in [6.07, 6.45) is 6.82. The fourth-order valence-electron chi connectivity index (χ4n) is 2.39. The highest BCUT2D eigenvalue weighted by Crippen LogP contribution is 2.48. The topological polar surface area (TPSA) is 21.3 Å². The molecule has 0 amide bonds. The van der Waals surface area contributed by atoms with Gasteiger partial charge in [0.05, 0.1) is 0 Å². The molecule has 2 aliphatic rings. The van der Waals surface area contributed by atoms with E-state index in [-0.39, 0.29) is 0 Å². The molecule has 2 rings (SSSR count). The smallest absolute Gasteiger partial charge is 0.0471 e. The second-order valence-electron chi connectivity index (χ2n) is 5.21. The average molecular weight is 243 g/mol. The van der Waals surface area contributed by atoms with E-state index in [4.69, 9.17) is 4.74 Å². The van der Waals surface area contributed by atoms with Crippen LogP contribution < -0.4 is 5.32 Å². The SMILES string of the molecule is CCOCCC1(CNC2CCSCC2)CC1. The van der Waals surface area contributed by atoms with Crippen molar-refractivity contribution in [2.45, 2.75) is 45.1 Å². The molecule has 3 heteroatoms. The number of hydrogen-bond acceptors (Lipinski definition) is 3. The Morgan fingerprint density at radius 3 is 2.69 bits per heavy atom. The molecule has 94 valence electrons. The van der Waals surface area contributed by atoms with Gasteiger partial charge in [0.15, 0.2) is 0 Å². The van der Waals surface area contributed by atoms with E-state index >= 15 is 0 Å². The molecule has 0 aromatic heterocycles. The van der Waals surface area contributed by atoms with Crippen molar-refractivity contribution in [1.29, 1.82) is 0 Å². The first-order chi connectivity index (χ1) is 7.85. The van der Waals surface area contributed by atoms with Gasteiger partial charge >= 0.3 is 0 Å². The van der Waals surface area contributed by atoms with E-state index in [0.29, 0.717) is 5.41 Å². The summed E-state index contributed by atoms with van der Waals surface area (Å²) in [6, 6.07) is 0.797. The van der Waals surface area contributed by atoms with Crippen LogP contribution in [0.2, 0.25) is 0 Å². The van der Waals surface area contributed by atoms with Crippen LogP contribution in [-0.4, -0.2) is 37.3 Å². The molecule has 0 unspecified atom stereocenters. The lowest BCUT2D eigenvalue weighted by molar-refractivity contribution is 0.127. The minimum atomic E-state index is 0.611. The van der Waals surface area contributed by atoms with Gasteiger partial charge in [0.1, 0.15) is 0 Å². The van der Waals surface area contributed by atoms with Crippen LogP contribution in [0.15, 0.2) is 0 Å². The van der Waals surface area contributed by atoms with E-state index < -0.39 is 0 Å². The first-order valence-corrected chi connectivity index (χ1v) is 7.89. The van der Waals surface area contributed by atoms with Gasteiger partial charge in [0.2, 0.25) is 0 Å². The van der Waals surface area contributed by atoms with Gasteiger partial charge in [0.25, 0.3) is 0 Å². The molecule has 1 saturated carbocycles. The third-order valence-corrected chi connectivity index (χ3v) is 4.97. The summed E-state index contributed by atoms with van der Waals surface area (Å²) in [6.45, 7) is 5.13. The molecule has 2 fully saturated rings. The van der Waals surface area contributed by atoms with Crippen molar-refractivity contribution in [2.75, 3.05) is 31.3 Å². The Bertz CT molecular complexity index is 200. The maximum Gasteiger partial charge on any atom is 0.0471 e. The van der Waals surface area contributed by atoms with Crippen LogP contribution in [0.1, 0.15) is 39.0 Å². The molecule has 16 heavy (non-hydrogen) atoms. The molecule has 2 nitrogen and oxygen atoms in total. The molecular weight excluding hydrogens is 218 g/mol. The van der Waals surface area contributed by atoms with Crippen molar-refractivity contribution in [2.24, 2.45) is 5.41 Å². The molecule has 1 saturated heterocycles. The van der Waals surface area contributed by atoms with E-state index in [0.717, 1.165) is 19.3 Å². The second-order valence-corrected chi connectivity index (χ2v) is 6.44. The van der Waals surface area contributed by atoms with E-state index in [1.165, 1.54) is 50.2 Å². The Balaban J connectivity index is 1.60. The Morgan fingerprint density at radius 2 is 2.06 bits per heavy atom. The zero-order valence-electron chi connectivity index (χ0n) is 10.5. The average Bonchev–Trinajstić information content (AvgIpc) is 3.09. The van der Waals surface area contributed by atoms with Crippen LogP contribution in [0, 0.1) is 5.41 Å². The molecule has 1 aliphatic heterocycles. The van der Waals surface area contributed by atoms with Gasteiger partial charge in [-0.3, -0.25) is 0 Å². The van der Waals surface area contributed by atoms with Gasteiger partial charge in [-0.15, -0.1) is 0 Å². The van der Waals surface area contributed by atoms with E-state index in [2.05, 4.69) is 24.0 Å². The summed E-state index contributed by atoms with van der Waals surface area (Å²) < 4.78 is 5.47. The predicted molar refractivity (Wildman–Crippen MR) is 71.1 cm³/mol. The normalized spacial score (nSPS) is 24.6. The molecule has 0 atom stereocenters. The molecular formula is C13H25NOS. The largest absolute Gasteiger partial charge is 0.382 e. The standard InChI is InChI=1S/C13H25NOS/c1-2-15-8-7-13(5-6-13)11-14-12-3-9-16-10-4-12/h12,14H,2-11H2,1H3. The minimum Gasteiger partial charge on any atom is -0.382 e. The third kappa shape index (κ3) is 3.94. The van der Waals surface area contributed by atoms with Crippen molar-refractivity contribution in [3.8, 4) is 0 Å². The quantitative estimate of drug-likeness (QED) is 0.695. The Morgan fingerprint density at radius 1 is 1.31 bits per heavy atom. The molecule has 0 aromatic carbocycles. The summed E-state index contributed by atoms with van der Waals surface area (Å²) in [5, 5.41) is 3.78. The van der Waals surface area contributed by atoms with Gasteiger partial charge < -0.3 is 10.1 Å². The van der Waals surface area contributed by atoms with Crippen molar-refractivity contribution in [3.05, 3.63) is 0 Å². The van der Waals surface area contributed by atoms with E-state index in [1.54, 1.807) is 0 Å². The Labute approximate surface area is 104 Å². The van der Waals surface area contributed by atoms with Crippen LogP contribution in [0.4, 0.5) is 0 Å². The van der Waals surface area contributed by atoms with Crippen LogP contribution in [0.25, 0.3) is 0 Å². The Kier molecular flexibility index (Phi) is 4.98. The molecule has 1 heterocycles. The molecule has 1 aliphatic carbocycles. The lowest BCUT2D eigenvalue weighted by Crippen LogP contribution is -2.37. The van der Waals surface area contributed by atoms with Crippen LogP contribution in [-0.2, 0) is 4.74 Å². The first-order valence-electron chi connectivity index (χ1n) is 6.73. The maximum atomic E-state index is 5.47. The third-order valence-electron chi connectivity index (χ3n) is 3.92. The summed E-state index contributed by atoms with van der Waals surface area (Å²) in [5.74, 6) is 2.70. The second kappa shape index (κ2) is 6.27. The van der Waals surface area contributed by atoms with E-state index in [1.807, 2.05) is 0 Å². The molecule has 1 N–H and O–H groups in total. The van der Waals surface area contributed by atoms with Crippen molar-refractivity contribution < 1.29 is 4.74 Å². The zero-order chi connectivity index (χ0) is 11.3. The zero-order valence-corrected chi connectivity index (χ0v) is 11.3. The molecule has 0 bridgehead atoms.